The molecule has 1 aromatic heterocycles. The summed E-state index contributed by atoms with van der Waals surface area (Å²) in [7, 11) is 0. The van der Waals surface area contributed by atoms with Crippen molar-refractivity contribution >= 4 is 17.7 Å². The summed E-state index contributed by atoms with van der Waals surface area (Å²) in [4.78, 5) is 29.7. The molecule has 2 fully saturated rings. The van der Waals surface area contributed by atoms with Crippen molar-refractivity contribution in [3.63, 3.8) is 0 Å². The molecule has 2 aliphatic heterocycles. The highest BCUT2D eigenvalue weighted by atomic mass is 16.2. The quantitative estimate of drug-likeness (QED) is 0.580. The van der Waals surface area contributed by atoms with E-state index in [1.807, 2.05) is 23.2 Å². The molecule has 0 aliphatic carbocycles. The van der Waals surface area contributed by atoms with Crippen LogP contribution in [0, 0.1) is 0 Å². The van der Waals surface area contributed by atoms with Gasteiger partial charge in [0, 0.05) is 78.6 Å². The van der Waals surface area contributed by atoms with Crippen LogP contribution in [0.4, 0.5) is 5.82 Å². The van der Waals surface area contributed by atoms with Gasteiger partial charge in [-0.2, -0.15) is 0 Å². The Morgan fingerprint density at radius 3 is 2.39 bits per heavy atom. The molecule has 8 nitrogen and oxygen atoms in total. The molecular formula is C20H33N7O. The van der Waals surface area contributed by atoms with Crippen LogP contribution in [0.25, 0.3) is 0 Å². The third kappa shape index (κ3) is 5.58. The van der Waals surface area contributed by atoms with E-state index in [9.17, 15) is 4.79 Å². The number of aromatic nitrogens is 1. The second-order valence-corrected chi connectivity index (χ2v) is 7.25. The number of anilines is 1. The zero-order valence-corrected chi connectivity index (χ0v) is 17.2. The Morgan fingerprint density at radius 2 is 1.79 bits per heavy atom. The van der Waals surface area contributed by atoms with E-state index in [1.54, 1.807) is 6.92 Å². The molecule has 1 N–H and O–H groups in total. The summed E-state index contributed by atoms with van der Waals surface area (Å²) >= 11 is 0. The van der Waals surface area contributed by atoms with Crippen molar-refractivity contribution in [2.45, 2.75) is 13.8 Å². The number of nitrogens with one attached hydrogen (secondary N) is 1. The van der Waals surface area contributed by atoms with Gasteiger partial charge < -0.3 is 20.0 Å². The Kier molecular flexibility index (Phi) is 7.47. The molecule has 2 saturated heterocycles. The number of amides is 1. The molecular weight excluding hydrogens is 354 g/mol. The monoisotopic (exact) mass is 387 g/mol. The lowest BCUT2D eigenvalue weighted by molar-refractivity contribution is -0.130. The molecule has 2 aliphatic rings. The van der Waals surface area contributed by atoms with E-state index in [0.29, 0.717) is 0 Å². The molecule has 154 valence electrons. The zero-order chi connectivity index (χ0) is 19.8. The van der Waals surface area contributed by atoms with E-state index in [-0.39, 0.29) is 5.91 Å². The van der Waals surface area contributed by atoms with Crippen molar-refractivity contribution in [3.05, 3.63) is 24.4 Å². The standard InChI is InChI=1S/C20H33N7O/c1-3-21-20(23-8-9-24-10-12-25(13-11-24)18(2)28)27-16-14-26(15-17-27)19-6-4-5-7-22-19/h4-7H,3,8-17H2,1-2H3,(H,21,23). The van der Waals surface area contributed by atoms with Gasteiger partial charge in [-0.15, -0.1) is 0 Å². The number of hydrogen-bond donors (Lipinski definition) is 1. The molecule has 8 heteroatoms. The van der Waals surface area contributed by atoms with Crippen LogP contribution in [-0.2, 0) is 4.79 Å². The van der Waals surface area contributed by atoms with Crippen LogP contribution in [-0.4, -0.2) is 104 Å². The Hall–Kier alpha value is -2.35. The number of nitrogens with zero attached hydrogens (tertiary/aromatic N) is 6. The summed E-state index contributed by atoms with van der Waals surface area (Å²) in [5.74, 6) is 2.23. The molecule has 3 rings (SSSR count). The Bertz CT molecular complexity index is 635. The van der Waals surface area contributed by atoms with E-state index in [4.69, 9.17) is 4.99 Å². The minimum atomic E-state index is 0.178. The highest BCUT2D eigenvalue weighted by Crippen LogP contribution is 2.12. The van der Waals surface area contributed by atoms with Gasteiger partial charge in [0.1, 0.15) is 5.82 Å². The summed E-state index contributed by atoms with van der Waals surface area (Å²) in [6.45, 7) is 13.7. The molecule has 1 amide bonds. The fourth-order valence-electron chi connectivity index (χ4n) is 3.70. The number of rotatable bonds is 5. The largest absolute Gasteiger partial charge is 0.357 e. The molecule has 1 aromatic rings. The number of hydrogen-bond acceptors (Lipinski definition) is 5. The number of carbonyl (C=O) groups excluding carboxylic acids is 1. The van der Waals surface area contributed by atoms with Gasteiger partial charge in [-0.05, 0) is 19.1 Å². The van der Waals surface area contributed by atoms with Gasteiger partial charge in [-0.1, -0.05) is 6.07 Å². The molecule has 0 unspecified atom stereocenters. The van der Waals surface area contributed by atoms with Gasteiger partial charge >= 0.3 is 0 Å². The van der Waals surface area contributed by atoms with Crippen molar-refractivity contribution in [3.8, 4) is 0 Å². The summed E-state index contributed by atoms with van der Waals surface area (Å²) < 4.78 is 0. The van der Waals surface area contributed by atoms with Gasteiger partial charge in [0.05, 0.1) is 6.54 Å². The number of piperazine rings is 2. The summed E-state index contributed by atoms with van der Waals surface area (Å²) in [6.07, 6.45) is 1.85. The predicted octanol–water partition coefficient (Wildman–Crippen LogP) is 0.333. The third-order valence-corrected chi connectivity index (χ3v) is 5.38. The first-order valence-corrected chi connectivity index (χ1v) is 10.3. The molecule has 0 aromatic carbocycles. The second kappa shape index (κ2) is 10.3. The molecule has 0 bridgehead atoms. The Morgan fingerprint density at radius 1 is 1.07 bits per heavy atom. The molecule has 0 atom stereocenters. The number of pyridine rings is 1. The lowest BCUT2D eigenvalue weighted by Gasteiger charge is -2.37. The van der Waals surface area contributed by atoms with E-state index in [2.05, 4.69) is 38.0 Å². The maximum Gasteiger partial charge on any atom is 0.219 e. The molecule has 0 radical (unpaired) electrons. The van der Waals surface area contributed by atoms with E-state index in [0.717, 1.165) is 83.8 Å². The van der Waals surface area contributed by atoms with Crippen molar-refractivity contribution in [2.75, 3.05) is 76.9 Å². The van der Waals surface area contributed by atoms with Crippen LogP contribution in [0.3, 0.4) is 0 Å². The summed E-state index contributed by atoms with van der Waals surface area (Å²) in [5, 5.41) is 3.44. The molecule has 0 saturated carbocycles. The van der Waals surface area contributed by atoms with Crippen molar-refractivity contribution in [2.24, 2.45) is 4.99 Å². The van der Waals surface area contributed by atoms with E-state index >= 15 is 0 Å². The summed E-state index contributed by atoms with van der Waals surface area (Å²) in [5.41, 5.74) is 0. The topological polar surface area (TPSA) is 67.3 Å². The predicted molar refractivity (Wildman–Crippen MR) is 113 cm³/mol. The minimum absolute atomic E-state index is 0.178. The highest BCUT2D eigenvalue weighted by molar-refractivity contribution is 5.80. The van der Waals surface area contributed by atoms with Crippen LogP contribution in [0.5, 0.6) is 0 Å². The van der Waals surface area contributed by atoms with Gasteiger partial charge in [-0.25, -0.2) is 4.98 Å². The van der Waals surface area contributed by atoms with Gasteiger partial charge in [0.2, 0.25) is 5.91 Å². The van der Waals surface area contributed by atoms with Crippen LogP contribution in [0.1, 0.15) is 13.8 Å². The fraction of sp³-hybridized carbons (Fsp3) is 0.650. The van der Waals surface area contributed by atoms with Gasteiger partial charge in [0.15, 0.2) is 5.96 Å². The molecule has 28 heavy (non-hydrogen) atoms. The van der Waals surface area contributed by atoms with Crippen molar-refractivity contribution in [1.82, 2.24) is 25.0 Å². The molecule has 0 spiro atoms. The maximum atomic E-state index is 11.4. The second-order valence-electron chi connectivity index (χ2n) is 7.25. The first kappa shape index (κ1) is 20.4. The van der Waals surface area contributed by atoms with Crippen LogP contribution < -0.4 is 10.2 Å². The maximum absolute atomic E-state index is 11.4. The number of aliphatic imine (C=N–C) groups is 1. The lowest BCUT2D eigenvalue weighted by Crippen LogP contribution is -2.53. The third-order valence-electron chi connectivity index (χ3n) is 5.38. The zero-order valence-electron chi connectivity index (χ0n) is 17.2. The molecule has 3 heterocycles. The first-order chi connectivity index (χ1) is 13.7. The average Bonchev–Trinajstić information content (AvgIpc) is 2.74. The number of carbonyl (C=O) groups is 1. The van der Waals surface area contributed by atoms with E-state index < -0.39 is 0 Å². The summed E-state index contributed by atoms with van der Waals surface area (Å²) in [6, 6.07) is 6.06. The Balaban J connectivity index is 1.46. The van der Waals surface area contributed by atoms with Crippen molar-refractivity contribution < 1.29 is 4.79 Å². The van der Waals surface area contributed by atoms with Crippen molar-refractivity contribution in [1.29, 1.82) is 0 Å². The first-order valence-electron chi connectivity index (χ1n) is 10.3. The lowest BCUT2D eigenvalue weighted by atomic mass is 10.3. The van der Waals surface area contributed by atoms with Crippen LogP contribution >= 0.6 is 0 Å². The van der Waals surface area contributed by atoms with E-state index in [1.165, 1.54) is 0 Å². The number of guanidine groups is 1. The van der Waals surface area contributed by atoms with Crippen LogP contribution in [0.15, 0.2) is 29.4 Å². The van der Waals surface area contributed by atoms with Gasteiger partial charge in [-0.3, -0.25) is 14.7 Å². The fourth-order valence-corrected chi connectivity index (χ4v) is 3.70. The smallest absolute Gasteiger partial charge is 0.219 e. The normalized spacial score (nSPS) is 19.1. The highest BCUT2D eigenvalue weighted by Gasteiger charge is 2.21. The SMILES string of the molecule is CCNC(=NCCN1CCN(C(C)=O)CC1)N1CCN(c2ccccn2)CC1. The minimum Gasteiger partial charge on any atom is -0.357 e. The van der Waals surface area contributed by atoms with Gasteiger partial charge in [0.25, 0.3) is 0 Å². The Labute approximate surface area is 168 Å². The average molecular weight is 388 g/mol. The van der Waals surface area contributed by atoms with Crippen LogP contribution in [0.2, 0.25) is 0 Å².